The van der Waals surface area contributed by atoms with Gasteiger partial charge in [-0.1, -0.05) is 6.07 Å². The molecule has 0 radical (unpaired) electrons. The van der Waals surface area contributed by atoms with Gasteiger partial charge >= 0.3 is 0 Å². The number of Topliss-reactive ketones (excluding diaryl/α,β-unsaturated/α-hetero) is 1. The number of nitrogens with zero attached hydrogens (tertiary/aromatic N) is 2. The maximum Gasteiger partial charge on any atom is 0.184 e. The molecule has 0 aliphatic carbocycles. The smallest absolute Gasteiger partial charge is 0.184 e. The van der Waals surface area contributed by atoms with Crippen molar-refractivity contribution in [1.29, 1.82) is 0 Å². The molecule has 2 heterocycles. The Hall–Kier alpha value is -2.27. The molecule has 0 saturated heterocycles. The lowest BCUT2D eigenvalue weighted by Crippen LogP contribution is -2.24. The molecule has 3 rings (SSSR count). The molecule has 1 aliphatic rings. The molecule has 2 aromatic rings. The van der Waals surface area contributed by atoms with Crippen molar-refractivity contribution in [2.24, 2.45) is 10.7 Å². The number of ketones is 1. The van der Waals surface area contributed by atoms with Crippen LogP contribution < -0.4 is 5.73 Å². The van der Waals surface area contributed by atoms with Crippen LogP contribution in [0.2, 0.25) is 0 Å². The van der Waals surface area contributed by atoms with E-state index in [1.165, 1.54) is 0 Å². The van der Waals surface area contributed by atoms with E-state index in [2.05, 4.69) is 15.0 Å². The summed E-state index contributed by atoms with van der Waals surface area (Å²) in [4.78, 5) is 23.0. The Morgan fingerprint density at radius 2 is 2.22 bits per heavy atom. The summed E-state index contributed by atoms with van der Waals surface area (Å²) < 4.78 is 0. The molecular formula is C13H12N4O. The Kier molecular flexibility index (Phi) is 2.53. The van der Waals surface area contributed by atoms with Gasteiger partial charge in [-0.3, -0.25) is 9.79 Å². The molecule has 0 fully saturated rings. The third-order valence-electron chi connectivity index (χ3n) is 3.05. The predicted octanol–water partition coefficient (Wildman–Crippen LogP) is 1.02. The predicted molar refractivity (Wildman–Crippen MR) is 68.8 cm³/mol. The van der Waals surface area contributed by atoms with E-state index in [9.17, 15) is 4.79 Å². The highest BCUT2D eigenvalue weighted by molar-refractivity contribution is 6.16. The molecule has 3 N–H and O–H groups in total. The van der Waals surface area contributed by atoms with E-state index in [0.29, 0.717) is 12.1 Å². The standard InChI is InChI=1S/C13H12N4O/c14-4-11-10-3-8(12-5-15-7-17-12)1-2-9(10)13(18)6-16-11/h1-3,5,7H,4,6,14H2,(H,15,17). The van der Waals surface area contributed by atoms with E-state index in [4.69, 9.17) is 5.73 Å². The number of rotatable bonds is 2. The fourth-order valence-electron chi connectivity index (χ4n) is 2.12. The van der Waals surface area contributed by atoms with E-state index in [1.807, 2.05) is 18.2 Å². The van der Waals surface area contributed by atoms with Crippen LogP contribution in [0.3, 0.4) is 0 Å². The van der Waals surface area contributed by atoms with E-state index < -0.39 is 0 Å². The van der Waals surface area contributed by atoms with Crippen LogP contribution in [0.25, 0.3) is 11.3 Å². The van der Waals surface area contributed by atoms with Crippen LogP contribution in [0.5, 0.6) is 0 Å². The van der Waals surface area contributed by atoms with Gasteiger partial charge in [-0.05, 0) is 12.1 Å². The number of hydrogen-bond acceptors (Lipinski definition) is 4. The summed E-state index contributed by atoms with van der Waals surface area (Å²) in [5, 5.41) is 0. The Labute approximate surface area is 104 Å². The van der Waals surface area contributed by atoms with Crippen LogP contribution in [0.15, 0.2) is 35.7 Å². The van der Waals surface area contributed by atoms with Crippen LogP contribution in [-0.4, -0.2) is 34.6 Å². The first-order valence-corrected chi connectivity index (χ1v) is 5.69. The lowest BCUT2D eigenvalue weighted by Gasteiger charge is -2.15. The third kappa shape index (κ3) is 1.65. The van der Waals surface area contributed by atoms with Gasteiger partial charge in [0.25, 0.3) is 0 Å². The topological polar surface area (TPSA) is 84.1 Å². The molecule has 0 bridgehead atoms. The summed E-state index contributed by atoms with van der Waals surface area (Å²) >= 11 is 0. The molecule has 1 aromatic carbocycles. The quantitative estimate of drug-likeness (QED) is 0.822. The van der Waals surface area contributed by atoms with Gasteiger partial charge in [0.15, 0.2) is 5.78 Å². The van der Waals surface area contributed by atoms with Gasteiger partial charge in [0.2, 0.25) is 0 Å². The highest BCUT2D eigenvalue weighted by Gasteiger charge is 2.20. The van der Waals surface area contributed by atoms with Crippen LogP contribution in [0, 0.1) is 0 Å². The minimum Gasteiger partial charge on any atom is -0.345 e. The van der Waals surface area contributed by atoms with E-state index in [0.717, 1.165) is 22.5 Å². The lowest BCUT2D eigenvalue weighted by atomic mass is 9.94. The number of aromatic nitrogens is 2. The second kappa shape index (κ2) is 4.19. The Morgan fingerprint density at radius 3 is 2.94 bits per heavy atom. The summed E-state index contributed by atoms with van der Waals surface area (Å²) in [6.45, 7) is 0.537. The second-order valence-electron chi connectivity index (χ2n) is 4.12. The molecule has 0 spiro atoms. The molecule has 0 saturated carbocycles. The molecule has 0 amide bonds. The maximum absolute atomic E-state index is 11.8. The van der Waals surface area contributed by atoms with Gasteiger partial charge in [0.1, 0.15) is 6.54 Å². The average molecular weight is 240 g/mol. The van der Waals surface area contributed by atoms with Gasteiger partial charge < -0.3 is 10.7 Å². The summed E-state index contributed by atoms with van der Waals surface area (Å²) in [6, 6.07) is 5.67. The van der Waals surface area contributed by atoms with E-state index in [-0.39, 0.29) is 12.3 Å². The third-order valence-corrected chi connectivity index (χ3v) is 3.05. The average Bonchev–Trinajstić information content (AvgIpc) is 2.93. The summed E-state index contributed by atoms with van der Waals surface area (Å²) in [5.41, 5.74) is 9.87. The van der Waals surface area contributed by atoms with Crippen LogP contribution in [0.4, 0.5) is 0 Å². The molecule has 5 heteroatoms. The number of carbonyl (C=O) groups excluding carboxylic acids is 1. The normalized spacial score (nSPS) is 14.3. The zero-order chi connectivity index (χ0) is 12.5. The zero-order valence-electron chi connectivity index (χ0n) is 9.68. The minimum absolute atomic E-state index is 0.0401. The minimum atomic E-state index is 0.0401. The van der Waals surface area contributed by atoms with Gasteiger partial charge in [-0.15, -0.1) is 0 Å². The first kappa shape index (κ1) is 10.9. The van der Waals surface area contributed by atoms with Crippen molar-refractivity contribution in [3.63, 3.8) is 0 Å². The number of carbonyl (C=O) groups is 1. The van der Waals surface area contributed by atoms with Crippen molar-refractivity contribution < 1.29 is 4.79 Å². The monoisotopic (exact) mass is 240 g/mol. The fourth-order valence-corrected chi connectivity index (χ4v) is 2.12. The highest BCUT2D eigenvalue weighted by atomic mass is 16.1. The first-order valence-electron chi connectivity index (χ1n) is 5.69. The summed E-state index contributed by atoms with van der Waals surface area (Å²) in [5.74, 6) is 0.0401. The molecule has 5 nitrogen and oxygen atoms in total. The number of aromatic amines is 1. The number of H-pyrrole nitrogens is 1. The molecule has 18 heavy (non-hydrogen) atoms. The molecular weight excluding hydrogens is 228 g/mol. The molecule has 0 atom stereocenters. The first-order chi connectivity index (χ1) is 8.79. The van der Waals surface area contributed by atoms with Gasteiger partial charge in [0, 0.05) is 23.2 Å². The van der Waals surface area contributed by atoms with Crippen molar-refractivity contribution in [1.82, 2.24) is 9.97 Å². The number of hydrogen-bond donors (Lipinski definition) is 2. The molecule has 1 aliphatic heterocycles. The van der Waals surface area contributed by atoms with Gasteiger partial charge in [0.05, 0.1) is 23.9 Å². The van der Waals surface area contributed by atoms with Gasteiger partial charge in [-0.2, -0.15) is 0 Å². The van der Waals surface area contributed by atoms with Crippen molar-refractivity contribution >= 4 is 11.5 Å². The highest BCUT2D eigenvalue weighted by Crippen LogP contribution is 2.23. The number of aliphatic imine (C=N–C) groups is 1. The van der Waals surface area contributed by atoms with E-state index in [1.54, 1.807) is 12.5 Å². The van der Waals surface area contributed by atoms with Gasteiger partial charge in [-0.25, -0.2) is 4.98 Å². The van der Waals surface area contributed by atoms with Crippen molar-refractivity contribution in [2.45, 2.75) is 0 Å². The Bertz CT molecular complexity index is 628. The summed E-state index contributed by atoms with van der Waals surface area (Å²) in [6.07, 6.45) is 3.36. The number of nitrogens with two attached hydrogens (primary N) is 1. The van der Waals surface area contributed by atoms with Crippen molar-refractivity contribution in [2.75, 3.05) is 13.1 Å². The van der Waals surface area contributed by atoms with Crippen LogP contribution >= 0.6 is 0 Å². The number of imidazole rings is 1. The molecule has 1 aromatic heterocycles. The van der Waals surface area contributed by atoms with Crippen LogP contribution in [0.1, 0.15) is 15.9 Å². The van der Waals surface area contributed by atoms with Crippen molar-refractivity contribution in [3.8, 4) is 11.3 Å². The van der Waals surface area contributed by atoms with Crippen LogP contribution in [-0.2, 0) is 0 Å². The maximum atomic E-state index is 11.8. The second-order valence-corrected chi connectivity index (χ2v) is 4.12. The SMILES string of the molecule is NCC1=NCC(=O)c2ccc(-c3cnc[nH]3)cc21. The van der Waals surface area contributed by atoms with E-state index >= 15 is 0 Å². The van der Waals surface area contributed by atoms with Crippen molar-refractivity contribution in [3.05, 3.63) is 41.9 Å². The molecule has 90 valence electrons. The number of fused-ring (bicyclic) bond motifs is 1. The fraction of sp³-hybridized carbons (Fsp3) is 0.154. The Morgan fingerprint density at radius 1 is 1.33 bits per heavy atom. The molecule has 0 unspecified atom stereocenters. The zero-order valence-corrected chi connectivity index (χ0v) is 9.68. The number of nitrogens with one attached hydrogen (secondary N) is 1. The summed E-state index contributed by atoms with van der Waals surface area (Å²) in [7, 11) is 0. The lowest BCUT2D eigenvalue weighted by molar-refractivity contribution is 0.1000. The Balaban J connectivity index is 2.15. The largest absolute Gasteiger partial charge is 0.345 e. The number of benzene rings is 1.